The van der Waals surface area contributed by atoms with Gasteiger partial charge in [0.15, 0.2) is 0 Å². The molecule has 4 nitrogen and oxygen atoms in total. The molecule has 0 bridgehead atoms. The van der Waals surface area contributed by atoms with Crippen LogP contribution in [0.3, 0.4) is 0 Å². The van der Waals surface area contributed by atoms with Crippen molar-refractivity contribution in [1.29, 1.82) is 0 Å². The highest BCUT2D eigenvalue weighted by Gasteiger charge is 2.24. The van der Waals surface area contributed by atoms with Crippen LogP contribution in [0.5, 0.6) is 0 Å². The number of nitrogens with zero attached hydrogens (tertiary/aromatic N) is 2. The average molecular weight is 220 g/mol. The molecule has 3 atom stereocenters. The minimum absolute atomic E-state index is 0.165. The summed E-state index contributed by atoms with van der Waals surface area (Å²) in [6.07, 6.45) is 7.17. The van der Waals surface area contributed by atoms with Crippen LogP contribution in [0.15, 0.2) is 18.6 Å². The molecule has 1 saturated carbocycles. The van der Waals surface area contributed by atoms with Gasteiger partial charge in [-0.15, -0.1) is 0 Å². The van der Waals surface area contributed by atoms with E-state index in [2.05, 4.69) is 22.2 Å². The van der Waals surface area contributed by atoms with Crippen molar-refractivity contribution in [3.05, 3.63) is 24.3 Å². The van der Waals surface area contributed by atoms with Gasteiger partial charge in [-0.3, -0.25) is 0 Å². The second kappa shape index (κ2) is 5.37. The van der Waals surface area contributed by atoms with E-state index in [1.807, 2.05) is 6.07 Å². The Labute approximate surface area is 96.7 Å². The van der Waals surface area contributed by atoms with Gasteiger partial charge in [-0.2, -0.15) is 0 Å². The van der Waals surface area contributed by atoms with E-state index in [0.29, 0.717) is 12.6 Å². The first-order valence-electron chi connectivity index (χ1n) is 6.01. The Hall–Kier alpha value is -1.00. The molecule has 1 heterocycles. The third-order valence-electron chi connectivity index (χ3n) is 3.33. The van der Waals surface area contributed by atoms with Gasteiger partial charge in [0.25, 0.3) is 0 Å². The molecular formula is C12H20N4. The van der Waals surface area contributed by atoms with E-state index in [-0.39, 0.29) is 6.04 Å². The maximum atomic E-state index is 5.79. The van der Waals surface area contributed by atoms with E-state index in [4.69, 9.17) is 5.73 Å². The predicted octanol–water partition coefficient (Wildman–Crippen LogP) is 1.25. The molecule has 1 aliphatic rings. The standard InChI is InChI=1S/C12H20N4/c1-9-2-3-10(6-9)16-12(7-13)11-4-5-14-8-15-11/h4-5,8-10,12,16H,2-3,6-7,13H2,1H3. The fourth-order valence-electron chi connectivity index (χ4n) is 2.42. The lowest BCUT2D eigenvalue weighted by Gasteiger charge is -2.21. The van der Waals surface area contributed by atoms with Crippen LogP contribution in [0.4, 0.5) is 0 Å². The van der Waals surface area contributed by atoms with Gasteiger partial charge in [-0.1, -0.05) is 6.92 Å². The lowest BCUT2D eigenvalue weighted by atomic mass is 10.1. The van der Waals surface area contributed by atoms with Crippen LogP contribution >= 0.6 is 0 Å². The van der Waals surface area contributed by atoms with E-state index in [1.54, 1.807) is 12.5 Å². The van der Waals surface area contributed by atoms with Crippen LogP contribution in [-0.2, 0) is 0 Å². The van der Waals surface area contributed by atoms with E-state index < -0.39 is 0 Å². The predicted molar refractivity (Wildman–Crippen MR) is 63.8 cm³/mol. The summed E-state index contributed by atoms with van der Waals surface area (Å²) in [5, 5.41) is 3.60. The molecule has 0 saturated heterocycles. The number of nitrogens with one attached hydrogen (secondary N) is 1. The number of hydrogen-bond donors (Lipinski definition) is 2. The molecule has 0 spiro atoms. The largest absolute Gasteiger partial charge is 0.329 e. The van der Waals surface area contributed by atoms with E-state index >= 15 is 0 Å². The SMILES string of the molecule is CC1CCC(NC(CN)c2ccncn2)C1. The zero-order chi connectivity index (χ0) is 11.4. The maximum Gasteiger partial charge on any atom is 0.115 e. The minimum atomic E-state index is 0.165. The zero-order valence-corrected chi connectivity index (χ0v) is 9.76. The third-order valence-corrected chi connectivity index (χ3v) is 3.33. The summed E-state index contributed by atoms with van der Waals surface area (Å²) in [7, 11) is 0. The van der Waals surface area contributed by atoms with Crippen molar-refractivity contribution in [1.82, 2.24) is 15.3 Å². The van der Waals surface area contributed by atoms with Gasteiger partial charge < -0.3 is 11.1 Å². The highest BCUT2D eigenvalue weighted by atomic mass is 15.0. The fraction of sp³-hybridized carbons (Fsp3) is 0.667. The molecule has 1 aromatic rings. The molecule has 2 rings (SSSR count). The maximum absolute atomic E-state index is 5.79. The summed E-state index contributed by atoms with van der Waals surface area (Å²) in [4.78, 5) is 8.18. The fourth-order valence-corrected chi connectivity index (χ4v) is 2.42. The Morgan fingerprint density at radius 3 is 3.00 bits per heavy atom. The van der Waals surface area contributed by atoms with Gasteiger partial charge in [0.05, 0.1) is 11.7 Å². The normalized spacial score (nSPS) is 26.9. The van der Waals surface area contributed by atoms with Crippen LogP contribution in [-0.4, -0.2) is 22.6 Å². The molecule has 16 heavy (non-hydrogen) atoms. The van der Waals surface area contributed by atoms with Gasteiger partial charge in [-0.25, -0.2) is 9.97 Å². The first kappa shape index (κ1) is 11.5. The molecule has 1 fully saturated rings. The second-order valence-electron chi connectivity index (χ2n) is 4.70. The topological polar surface area (TPSA) is 63.8 Å². The van der Waals surface area contributed by atoms with Crippen LogP contribution in [0.2, 0.25) is 0 Å². The summed E-state index contributed by atoms with van der Waals surface area (Å²) in [5.41, 5.74) is 6.79. The second-order valence-corrected chi connectivity index (χ2v) is 4.70. The molecule has 88 valence electrons. The first-order valence-corrected chi connectivity index (χ1v) is 6.01. The number of aromatic nitrogens is 2. The van der Waals surface area contributed by atoms with Crippen LogP contribution in [0.25, 0.3) is 0 Å². The van der Waals surface area contributed by atoms with E-state index in [1.165, 1.54) is 19.3 Å². The quantitative estimate of drug-likeness (QED) is 0.801. The molecule has 4 heteroatoms. The van der Waals surface area contributed by atoms with Gasteiger partial charge in [0.1, 0.15) is 6.33 Å². The monoisotopic (exact) mass is 220 g/mol. The highest BCUT2D eigenvalue weighted by molar-refractivity contribution is 5.06. The molecule has 1 aromatic heterocycles. The average Bonchev–Trinajstić information content (AvgIpc) is 2.73. The van der Waals surface area contributed by atoms with Crippen molar-refractivity contribution in [3.63, 3.8) is 0 Å². The summed E-state index contributed by atoms with van der Waals surface area (Å²) in [6.45, 7) is 2.89. The highest BCUT2D eigenvalue weighted by Crippen LogP contribution is 2.26. The third kappa shape index (κ3) is 2.77. The summed E-state index contributed by atoms with van der Waals surface area (Å²) in [5.74, 6) is 0.835. The Balaban J connectivity index is 1.96. The van der Waals surface area contributed by atoms with Crippen molar-refractivity contribution in [2.75, 3.05) is 6.54 Å². The van der Waals surface area contributed by atoms with Gasteiger partial charge >= 0.3 is 0 Å². The molecule has 3 unspecified atom stereocenters. The van der Waals surface area contributed by atoms with Crippen molar-refractivity contribution >= 4 is 0 Å². The van der Waals surface area contributed by atoms with Crippen LogP contribution < -0.4 is 11.1 Å². The number of hydrogen-bond acceptors (Lipinski definition) is 4. The number of rotatable bonds is 4. The van der Waals surface area contributed by atoms with Crippen molar-refractivity contribution in [2.24, 2.45) is 11.7 Å². The molecule has 0 radical (unpaired) electrons. The minimum Gasteiger partial charge on any atom is -0.329 e. The molecule has 3 N–H and O–H groups in total. The summed E-state index contributed by atoms with van der Waals surface area (Å²) in [6, 6.07) is 2.69. The van der Waals surface area contributed by atoms with E-state index in [0.717, 1.165) is 11.6 Å². The van der Waals surface area contributed by atoms with Crippen molar-refractivity contribution in [2.45, 2.75) is 38.3 Å². The lowest BCUT2D eigenvalue weighted by molar-refractivity contribution is 0.428. The Morgan fingerprint density at radius 2 is 2.44 bits per heavy atom. The Kier molecular flexibility index (Phi) is 3.85. The van der Waals surface area contributed by atoms with Crippen LogP contribution in [0, 0.1) is 5.92 Å². The summed E-state index contributed by atoms with van der Waals surface area (Å²) >= 11 is 0. The van der Waals surface area contributed by atoms with Crippen LogP contribution in [0.1, 0.15) is 37.9 Å². The van der Waals surface area contributed by atoms with E-state index in [9.17, 15) is 0 Å². The molecule has 0 aliphatic heterocycles. The van der Waals surface area contributed by atoms with Crippen molar-refractivity contribution < 1.29 is 0 Å². The van der Waals surface area contributed by atoms with Gasteiger partial charge in [0, 0.05) is 18.8 Å². The molecule has 0 amide bonds. The first-order chi connectivity index (χ1) is 7.79. The summed E-state index contributed by atoms with van der Waals surface area (Å²) < 4.78 is 0. The van der Waals surface area contributed by atoms with Gasteiger partial charge in [0.2, 0.25) is 0 Å². The lowest BCUT2D eigenvalue weighted by Crippen LogP contribution is -2.35. The molecular weight excluding hydrogens is 200 g/mol. The van der Waals surface area contributed by atoms with Gasteiger partial charge in [-0.05, 0) is 31.2 Å². The van der Waals surface area contributed by atoms with Crippen molar-refractivity contribution in [3.8, 4) is 0 Å². The Bertz CT molecular complexity index is 314. The smallest absolute Gasteiger partial charge is 0.115 e. The molecule has 0 aromatic carbocycles. The Morgan fingerprint density at radius 1 is 1.56 bits per heavy atom. The number of nitrogens with two attached hydrogens (primary N) is 1. The zero-order valence-electron chi connectivity index (χ0n) is 9.76. The molecule has 1 aliphatic carbocycles.